The van der Waals surface area contributed by atoms with Crippen LogP contribution in [0.3, 0.4) is 0 Å². The van der Waals surface area contributed by atoms with E-state index in [4.69, 9.17) is 16.3 Å². The van der Waals surface area contributed by atoms with E-state index in [1.54, 1.807) is 11.3 Å². The summed E-state index contributed by atoms with van der Waals surface area (Å²) in [6.07, 6.45) is 3.09. The predicted octanol–water partition coefficient (Wildman–Crippen LogP) is 3.38. The molecule has 1 aliphatic rings. The number of hydrogen-bond acceptors (Lipinski definition) is 4. The molecule has 0 bridgehead atoms. The van der Waals surface area contributed by atoms with Gasteiger partial charge in [0.15, 0.2) is 0 Å². The number of ether oxygens (including phenoxy) is 1. The number of hydrogen-bond donors (Lipinski definition) is 1. The first-order chi connectivity index (χ1) is 9.52. The Labute approximate surface area is 131 Å². The lowest BCUT2D eigenvalue weighted by atomic mass is 10.2. The molecule has 0 aromatic carbocycles. The van der Waals surface area contributed by atoms with Crippen LogP contribution in [0, 0.1) is 0 Å². The fourth-order valence-electron chi connectivity index (χ4n) is 2.55. The Morgan fingerprint density at radius 3 is 2.80 bits per heavy atom. The first-order valence-corrected chi connectivity index (χ1v) is 8.54. The molecule has 5 heteroatoms. The largest absolute Gasteiger partial charge is 0.372 e. The van der Waals surface area contributed by atoms with Crippen LogP contribution < -0.4 is 5.32 Å². The van der Waals surface area contributed by atoms with Crippen LogP contribution in [0.1, 0.15) is 31.6 Å². The fraction of sp³-hybridized carbons (Fsp3) is 0.733. The zero-order chi connectivity index (χ0) is 14.5. The number of likely N-dealkylation sites (N-methyl/N-ethyl adjacent to an activating group) is 1. The number of thiophene rings is 1. The summed E-state index contributed by atoms with van der Waals surface area (Å²) in [7, 11) is 2.15. The van der Waals surface area contributed by atoms with Gasteiger partial charge in [0.25, 0.3) is 0 Å². The Hall–Kier alpha value is -0.130. The van der Waals surface area contributed by atoms with Gasteiger partial charge in [0.2, 0.25) is 0 Å². The van der Waals surface area contributed by atoms with E-state index in [2.05, 4.69) is 37.2 Å². The molecule has 2 atom stereocenters. The van der Waals surface area contributed by atoms with Gasteiger partial charge >= 0.3 is 0 Å². The smallest absolute Gasteiger partial charge is 0.0931 e. The molecule has 0 spiro atoms. The van der Waals surface area contributed by atoms with Crippen molar-refractivity contribution in [3.63, 3.8) is 0 Å². The van der Waals surface area contributed by atoms with Gasteiger partial charge in [-0.05, 0) is 32.0 Å². The maximum absolute atomic E-state index is 6.10. The molecule has 0 amide bonds. The Balaban J connectivity index is 1.69. The molecular weight excluding hydrogens is 292 g/mol. The van der Waals surface area contributed by atoms with Crippen molar-refractivity contribution in [2.45, 2.75) is 51.5 Å². The third kappa shape index (κ3) is 5.34. The number of nitrogens with zero attached hydrogens (tertiary/aromatic N) is 1. The average Bonchev–Trinajstić information content (AvgIpc) is 2.96. The highest BCUT2D eigenvalue weighted by Crippen LogP contribution is 2.24. The maximum atomic E-state index is 6.10. The second-order valence-corrected chi connectivity index (χ2v) is 7.72. The van der Waals surface area contributed by atoms with Gasteiger partial charge in [0.05, 0.1) is 16.5 Å². The second-order valence-electron chi connectivity index (χ2n) is 5.92. The SMILES string of the molecule is CC(C)NCC1CCC(CN(C)Cc2ccc(Cl)s2)O1. The number of halogens is 1. The van der Waals surface area contributed by atoms with Crippen molar-refractivity contribution in [1.82, 2.24) is 10.2 Å². The molecular formula is C15H25ClN2OS. The fourth-order valence-corrected chi connectivity index (χ4v) is 3.71. The van der Waals surface area contributed by atoms with Gasteiger partial charge in [-0.15, -0.1) is 11.3 Å². The van der Waals surface area contributed by atoms with Crippen molar-refractivity contribution in [2.24, 2.45) is 0 Å². The standard InChI is InChI=1S/C15H25ClN2OS/c1-11(2)17-8-12-4-5-13(19-12)9-18(3)10-14-6-7-15(16)20-14/h6-7,11-13,17H,4-5,8-10H2,1-3H3. The summed E-state index contributed by atoms with van der Waals surface area (Å²) in [4.78, 5) is 3.64. The van der Waals surface area contributed by atoms with E-state index in [1.165, 1.54) is 17.7 Å². The molecule has 1 aromatic heterocycles. The second kappa shape index (κ2) is 7.76. The van der Waals surface area contributed by atoms with Crippen LogP contribution in [-0.4, -0.2) is 43.3 Å². The Kier molecular flexibility index (Phi) is 6.30. The minimum Gasteiger partial charge on any atom is -0.372 e. The van der Waals surface area contributed by atoms with Gasteiger partial charge in [0, 0.05) is 30.6 Å². The van der Waals surface area contributed by atoms with E-state index in [9.17, 15) is 0 Å². The number of nitrogens with one attached hydrogen (secondary N) is 1. The van der Waals surface area contributed by atoms with Crippen molar-refractivity contribution < 1.29 is 4.74 Å². The van der Waals surface area contributed by atoms with Crippen molar-refractivity contribution in [1.29, 1.82) is 0 Å². The lowest BCUT2D eigenvalue weighted by Gasteiger charge is -2.21. The van der Waals surface area contributed by atoms with Crippen molar-refractivity contribution >= 4 is 22.9 Å². The maximum Gasteiger partial charge on any atom is 0.0931 e. The summed E-state index contributed by atoms with van der Waals surface area (Å²) in [5.41, 5.74) is 0. The molecule has 1 N–H and O–H groups in total. The predicted molar refractivity (Wildman–Crippen MR) is 86.7 cm³/mol. The Bertz CT molecular complexity index is 410. The molecule has 2 heterocycles. The van der Waals surface area contributed by atoms with E-state index in [0.29, 0.717) is 18.2 Å². The highest BCUT2D eigenvalue weighted by Gasteiger charge is 2.26. The average molecular weight is 317 g/mol. The Morgan fingerprint density at radius 2 is 2.15 bits per heavy atom. The monoisotopic (exact) mass is 316 g/mol. The van der Waals surface area contributed by atoms with E-state index >= 15 is 0 Å². The van der Waals surface area contributed by atoms with Crippen LogP contribution in [0.4, 0.5) is 0 Å². The highest BCUT2D eigenvalue weighted by molar-refractivity contribution is 7.16. The third-order valence-corrected chi connectivity index (χ3v) is 4.74. The van der Waals surface area contributed by atoms with Gasteiger partial charge in [-0.2, -0.15) is 0 Å². The first kappa shape index (κ1) is 16.2. The van der Waals surface area contributed by atoms with Gasteiger partial charge in [-0.25, -0.2) is 0 Å². The minimum absolute atomic E-state index is 0.370. The lowest BCUT2D eigenvalue weighted by Crippen LogP contribution is -2.34. The molecule has 1 fully saturated rings. The van der Waals surface area contributed by atoms with Crippen LogP contribution in [-0.2, 0) is 11.3 Å². The zero-order valence-electron chi connectivity index (χ0n) is 12.6. The highest BCUT2D eigenvalue weighted by atomic mass is 35.5. The third-order valence-electron chi connectivity index (χ3n) is 3.52. The van der Waals surface area contributed by atoms with E-state index < -0.39 is 0 Å². The molecule has 0 radical (unpaired) electrons. The van der Waals surface area contributed by atoms with Crippen molar-refractivity contribution in [3.05, 3.63) is 21.3 Å². The topological polar surface area (TPSA) is 24.5 Å². The molecule has 0 saturated carbocycles. The first-order valence-electron chi connectivity index (χ1n) is 7.34. The zero-order valence-corrected chi connectivity index (χ0v) is 14.1. The molecule has 1 aliphatic heterocycles. The summed E-state index contributed by atoms with van der Waals surface area (Å²) in [6, 6.07) is 4.60. The van der Waals surface area contributed by atoms with Gasteiger partial charge in [-0.3, -0.25) is 4.90 Å². The molecule has 1 aromatic rings. The summed E-state index contributed by atoms with van der Waals surface area (Å²) < 4.78 is 6.96. The summed E-state index contributed by atoms with van der Waals surface area (Å²) >= 11 is 7.62. The molecule has 20 heavy (non-hydrogen) atoms. The van der Waals surface area contributed by atoms with Crippen molar-refractivity contribution in [2.75, 3.05) is 20.1 Å². The molecule has 114 valence electrons. The van der Waals surface area contributed by atoms with E-state index in [-0.39, 0.29) is 0 Å². The molecule has 2 unspecified atom stereocenters. The van der Waals surface area contributed by atoms with Gasteiger partial charge < -0.3 is 10.1 Å². The summed E-state index contributed by atoms with van der Waals surface area (Å²) in [6.45, 7) is 7.26. The van der Waals surface area contributed by atoms with E-state index in [0.717, 1.165) is 24.0 Å². The molecule has 0 aliphatic carbocycles. The quantitative estimate of drug-likeness (QED) is 0.834. The van der Waals surface area contributed by atoms with Crippen LogP contribution in [0.15, 0.2) is 12.1 Å². The van der Waals surface area contributed by atoms with Gasteiger partial charge in [0.1, 0.15) is 0 Å². The molecule has 1 saturated heterocycles. The molecule has 3 nitrogen and oxygen atoms in total. The summed E-state index contributed by atoms with van der Waals surface area (Å²) in [5.74, 6) is 0. The van der Waals surface area contributed by atoms with E-state index in [1.807, 2.05) is 6.07 Å². The van der Waals surface area contributed by atoms with Crippen LogP contribution in [0.5, 0.6) is 0 Å². The lowest BCUT2D eigenvalue weighted by molar-refractivity contribution is 0.0261. The summed E-state index contributed by atoms with van der Waals surface area (Å²) in [5, 5.41) is 3.45. The van der Waals surface area contributed by atoms with Crippen molar-refractivity contribution in [3.8, 4) is 0 Å². The number of rotatable bonds is 7. The normalized spacial score (nSPS) is 23.1. The van der Waals surface area contributed by atoms with Gasteiger partial charge in [-0.1, -0.05) is 25.4 Å². The molecule has 2 rings (SSSR count). The van der Waals surface area contributed by atoms with Crippen LogP contribution in [0.25, 0.3) is 0 Å². The van der Waals surface area contributed by atoms with Crippen LogP contribution in [0.2, 0.25) is 4.34 Å². The minimum atomic E-state index is 0.370. The van der Waals surface area contributed by atoms with Crippen LogP contribution >= 0.6 is 22.9 Å². The Morgan fingerprint density at radius 1 is 1.40 bits per heavy atom.